The second-order valence-electron chi connectivity index (χ2n) is 6.96. The maximum absolute atomic E-state index is 13.3. The second kappa shape index (κ2) is 6.30. The summed E-state index contributed by atoms with van der Waals surface area (Å²) >= 11 is 0. The van der Waals surface area contributed by atoms with Gasteiger partial charge in [0.05, 0.1) is 6.26 Å². The number of urea groups is 1. The normalized spacial score (nSPS) is 19.1. The Labute approximate surface area is 165 Å². The summed E-state index contributed by atoms with van der Waals surface area (Å²) in [5, 5.41) is 8.56. The number of furan rings is 1. The first-order valence-corrected chi connectivity index (χ1v) is 9.05. The van der Waals surface area contributed by atoms with Gasteiger partial charge in [0.15, 0.2) is 5.76 Å². The van der Waals surface area contributed by atoms with Gasteiger partial charge in [0.2, 0.25) is 11.7 Å². The fourth-order valence-corrected chi connectivity index (χ4v) is 3.64. The van der Waals surface area contributed by atoms with Crippen LogP contribution in [0.1, 0.15) is 18.4 Å². The molecule has 1 aliphatic rings. The van der Waals surface area contributed by atoms with Crippen molar-refractivity contribution >= 4 is 22.7 Å². The summed E-state index contributed by atoms with van der Waals surface area (Å²) in [5.74, 6) is 0.463. The molecule has 2 aromatic carbocycles. The Balaban J connectivity index is 1.47. The van der Waals surface area contributed by atoms with E-state index in [0.29, 0.717) is 5.76 Å². The van der Waals surface area contributed by atoms with Gasteiger partial charge in [-0.2, -0.15) is 4.98 Å². The predicted molar refractivity (Wildman–Crippen MR) is 102 cm³/mol. The number of amides is 3. The maximum Gasteiger partial charge on any atom is 0.325 e. The summed E-state index contributed by atoms with van der Waals surface area (Å²) in [7, 11) is 0. The monoisotopic (exact) mass is 388 g/mol. The largest absolute Gasteiger partial charge is 0.461 e. The quantitative estimate of drug-likeness (QED) is 0.537. The molecule has 0 radical (unpaired) electrons. The van der Waals surface area contributed by atoms with Gasteiger partial charge in [-0.15, -0.1) is 0 Å². The lowest BCUT2D eigenvalue weighted by atomic mass is 9.88. The number of nitrogens with one attached hydrogen (secondary N) is 1. The molecule has 2 aromatic heterocycles. The minimum absolute atomic E-state index is 0.126. The molecule has 1 saturated heterocycles. The Kier molecular flexibility index (Phi) is 3.73. The molecule has 1 unspecified atom stereocenters. The smallest absolute Gasteiger partial charge is 0.325 e. The SMILES string of the molecule is CC1(c2cccc3ccccc23)NC(=O)N(Cc2nc(-c3ccco3)no2)C1=O. The number of rotatable bonds is 4. The number of nitrogens with zero attached hydrogens (tertiary/aromatic N) is 3. The van der Waals surface area contributed by atoms with Crippen LogP contribution >= 0.6 is 0 Å². The zero-order valence-corrected chi connectivity index (χ0v) is 15.5. The lowest BCUT2D eigenvalue weighted by Gasteiger charge is -2.23. The number of carbonyl (C=O) groups excluding carboxylic acids is 2. The third-order valence-electron chi connectivity index (χ3n) is 5.11. The molecule has 0 spiro atoms. The summed E-state index contributed by atoms with van der Waals surface area (Å²) < 4.78 is 10.4. The van der Waals surface area contributed by atoms with E-state index >= 15 is 0 Å². The van der Waals surface area contributed by atoms with Crippen molar-refractivity contribution < 1.29 is 18.5 Å². The van der Waals surface area contributed by atoms with E-state index in [1.165, 1.54) is 6.26 Å². The van der Waals surface area contributed by atoms with Gasteiger partial charge in [0.1, 0.15) is 12.1 Å². The average Bonchev–Trinajstić information content (AvgIpc) is 3.46. The number of hydrogen-bond acceptors (Lipinski definition) is 6. The zero-order chi connectivity index (χ0) is 20.0. The molecule has 0 saturated carbocycles. The number of benzene rings is 2. The van der Waals surface area contributed by atoms with Crippen molar-refractivity contribution in [2.24, 2.45) is 0 Å². The van der Waals surface area contributed by atoms with E-state index in [-0.39, 0.29) is 24.2 Å². The van der Waals surface area contributed by atoms with Crippen LogP contribution in [0.15, 0.2) is 69.8 Å². The number of fused-ring (bicyclic) bond motifs is 1. The van der Waals surface area contributed by atoms with Gasteiger partial charge < -0.3 is 14.3 Å². The Hall–Kier alpha value is -3.94. The lowest BCUT2D eigenvalue weighted by Crippen LogP contribution is -2.41. The van der Waals surface area contributed by atoms with Crippen LogP contribution < -0.4 is 5.32 Å². The van der Waals surface area contributed by atoms with Crippen LogP contribution in [0.25, 0.3) is 22.4 Å². The highest BCUT2D eigenvalue weighted by Gasteiger charge is 2.50. The van der Waals surface area contributed by atoms with Crippen LogP contribution in [0.5, 0.6) is 0 Å². The van der Waals surface area contributed by atoms with E-state index in [1.807, 2.05) is 42.5 Å². The van der Waals surface area contributed by atoms with E-state index in [4.69, 9.17) is 8.94 Å². The van der Waals surface area contributed by atoms with Crippen LogP contribution in [0.4, 0.5) is 4.79 Å². The molecule has 1 fully saturated rings. The first-order valence-electron chi connectivity index (χ1n) is 9.05. The topological polar surface area (TPSA) is 101 Å². The Morgan fingerprint density at radius 2 is 1.90 bits per heavy atom. The molecule has 8 heteroatoms. The highest BCUT2D eigenvalue weighted by atomic mass is 16.5. The molecule has 3 heterocycles. The molecular formula is C21H16N4O4. The number of hydrogen-bond donors (Lipinski definition) is 1. The van der Waals surface area contributed by atoms with Gasteiger partial charge in [-0.1, -0.05) is 47.6 Å². The molecule has 29 heavy (non-hydrogen) atoms. The van der Waals surface area contributed by atoms with Crippen molar-refractivity contribution in [2.45, 2.75) is 19.0 Å². The first kappa shape index (κ1) is 17.2. The van der Waals surface area contributed by atoms with Gasteiger partial charge in [0, 0.05) is 0 Å². The van der Waals surface area contributed by atoms with Crippen molar-refractivity contribution in [1.29, 1.82) is 0 Å². The molecular weight excluding hydrogens is 372 g/mol. The molecule has 1 atom stereocenters. The molecule has 0 aliphatic carbocycles. The molecule has 8 nitrogen and oxygen atoms in total. The highest BCUT2D eigenvalue weighted by Crippen LogP contribution is 2.34. The molecule has 1 aliphatic heterocycles. The van der Waals surface area contributed by atoms with Gasteiger partial charge in [0.25, 0.3) is 5.91 Å². The van der Waals surface area contributed by atoms with Crippen LogP contribution in [0.3, 0.4) is 0 Å². The molecule has 3 amide bonds. The van der Waals surface area contributed by atoms with Gasteiger partial charge >= 0.3 is 6.03 Å². The highest BCUT2D eigenvalue weighted by molar-refractivity contribution is 6.09. The number of aromatic nitrogens is 2. The van der Waals surface area contributed by atoms with Crippen LogP contribution in [-0.4, -0.2) is 27.0 Å². The molecule has 1 N–H and O–H groups in total. The van der Waals surface area contributed by atoms with Crippen molar-refractivity contribution in [3.63, 3.8) is 0 Å². The minimum atomic E-state index is -1.19. The fourth-order valence-electron chi connectivity index (χ4n) is 3.64. The summed E-state index contributed by atoms with van der Waals surface area (Å²) in [5.41, 5.74) is -0.458. The van der Waals surface area contributed by atoms with Crippen molar-refractivity contribution in [2.75, 3.05) is 0 Å². The maximum atomic E-state index is 13.3. The molecule has 5 rings (SSSR count). The summed E-state index contributed by atoms with van der Waals surface area (Å²) in [6.07, 6.45) is 1.50. The molecule has 0 bridgehead atoms. The average molecular weight is 388 g/mol. The van der Waals surface area contributed by atoms with E-state index < -0.39 is 11.6 Å². The van der Waals surface area contributed by atoms with Gasteiger partial charge in [-0.25, -0.2) is 4.79 Å². The van der Waals surface area contributed by atoms with Crippen molar-refractivity contribution in [3.05, 3.63) is 72.3 Å². The van der Waals surface area contributed by atoms with Crippen LogP contribution in [0, 0.1) is 0 Å². The van der Waals surface area contributed by atoms with E-state index in [1.54, 1.807) is 19.1 Å². The number of carbonyl (C=O) groups is 2. The van der Waals surface area contributed by atoms with E-state index in [2.05, 4.69) is 15.5 Å². The van der Waals surface area contributed by atoms with Gasteiger partial charge in [-0.3, -0.25) is 9.69 Å². The summed E-state index contributed by atoms with van der Waals surface area (Å²) in [4.78, 5) is 31.2. The predicted octanol–water partition coefficient (Wildman–Crippen LogP) is 3.45. The lowest BCUT2D eigenvalue weighted by molar-refractivity contribution is -0.131. The van der Waals surface area contributed by atoms with Gasteiger partial charge in [-0.05, 0) is 35.4 Å². The fraction of sp³-hybridized carbons (Fsp3) is 0.143. The van der Waals surface area contributed by atoms with Crippen LogP contribution in [0.2, 0.25) is 0 Å². The van der Waals surface area contributed by atoms with E-state index in [0.717, 1.165) is 21.2 Å². The van der Waals surface area contributed by atoms with Crippen molar-refractivity contribution in [1.82, 2.24) is 20.4 Å². The number of imide groups is 1. The summed E-state index contributed by atoms with van der Waals surface area (Å²) in [6, 6.07) is 16.3. The standard InChI is InChI=1S/C21H16N4O4/c1-21(15-9-4-7-13-6-2-3-8-14(13)15)19(26)25(20(27)23-21)12-17-22-18(24-29-17)16-10-5-11-28-16/h2-11H,12H2,1H3,(H,23,27). The Morgan fingerprint density at radius 1 is 1.07 bits per heavy atom. The Bertz CT molecular complexity index is 1230. The van der Waals surface area contributed by atoms with E-state index in [9.17, 15) is 9.59 Å². The third-order valence-corrected chi connectivity index (χ3v) is 5.11. The first-order chi connectivity index (χ1) is 14.1. The summed E-state index contributed by atoms with van der Waals surface area (Å²) in [6.45, 7) is 1.58. The minimum Gasteiger partial charge on any atom is -0.461 e. The van der Waals surface area contributed by atoms with Crippen LogP contribution in [-0.2, 0) is 16.9 Å². The van der Waals surface area contributed by atoms with Crippen molar-refractivity contribution in [3.8, 4) is 11.6 Å². The molecule has 4 aromatic rings. The molecule has 144 valence electrons. The Morgan fingerprint density at radius 3 is 2.72 bits per heavy atom. The second-order valence-corrected chi connectivity index (χ2v) is 6.96. The zero-order valence-electron chi connectivity index (χ0n) is 15.5. The third kappa shape index (κ3) is 2.68.